The van der Waals surface area contributed by atoms with Crippen molar-refractivity contribution in [1.29, 1.82) is 0 Å². The molecule has 0 unspecified atom stereocenters. The Morgan fingerprint density at radius 3 is 2.79 bits per heavy atom. The fourth-order valence-corrected chi connectivity index (χ4v) is 1.64. The summed E-state index contributed by atoms with van der Waals surface area (Å²) >= 11 is 5.83. The standard InChI is InChI=1S/C10H7ClFNO/c1-13-9-3-2-6(12)4-7(9)8(11)5-10(13)14/h2-5H,1H3. The Balaban J connectivity index is 3.02. The molecule has 2 nitrogen and oxygen atoms in total. The minimum absolute atomic E-state index is 0.200. The largest absolute Gasteiger partial charge is 0.311 e. The summed E-state index contributed by atoms with van der Waals surface area (Å²) in [5.74, 6) is -0.363. The predicted molar refractivity (Wildman–Crippen MR) is 54.2 cm³/mol. The molecule has 2 rings (SSSR count). The fraction of sp³-hybridized carbons (Fsp3) is 0.100. The van der Waals surface area contributed by atoms with Crippen LogP contribution in [0.4, 0.5) is 4.39 Å². The van der Waals surface area contributed by atoms with E-state index in [-0.39, 0.29) is 16.4 Å². The molecule has 0 N–H and O–H groups in total. The molecule has 1 aromatic carbocycles. The van der Waals surface area contributed by atoms with E-state index in [1.807, 2.05) is 0 Å². The van der Waals surface area contributed by atoms with E-state index in [0.29, 0.717) is 10.9 Å². The summed E-state index contributed by atoms with van der Waals surface area (Å²) in [5.41, 5.74) is 0.429. The van der Waals surface area contributed by atoms with Crippen LogP contribution >= 0.6 is 11.6 Å². The van der Waals surface area contributed by atoms with Crippen molar-refractivity contribution in [2.75, 3.05) is 0 Å². The van der Waals surface area contributed by atoms with E-state index in [0.717, 1.165) is 0 Å². The molecule has 0 amide bonds. The number of benzene rings is 1. The SMILES string of the molecule is Cn1c(=O)cc(Cl)c2cc(F)ccc21. The number of hydrogen-bond acceptors (Lipinski definition) is 1. The molecule has 4 heteroatoms. The first-order chi connectivity index (χ1) is 6.59. The lowest BCUT2D eigenvalue weighted by Gasteiger charge is -2.05. The number of aryl methyl sites for hydroxylation is 1. The number of fused-ring (bicyclic) bond motifs is 1. The van der Waals surface area contributed by atoms with Crippen molar-refractivity contribution in [2.24, 2.45) is 7.05 Å². The van der Waals surface area contributed by atoms with E-state index in [1.165, 1.54) is 28.8 Å². The second-order valence-electron chi connectivity index (χ2n) is 3.05. The van der Waals surface area contributed by atoms with Gasteiger partial charge in [0.15, 0.2) is 0 Å². The van der Waals surface area contributed by atoms with Gasteiger partial charge in [0, 0.05) is 18.5 Å². The topological polar surface area (TPSA) is 22.0 Å². The first-order valence-electron chi connectivity index (χ1n) is 4.04. The predicted octanol–water partition coefficient (Wildman–Crippen LogP) is 2.33. The number of nitrogens with zero attached hydrogens (tertiary/aromatic N) is 1. The molecule has 0 saturated carbocycles. The smallest absolute Gasteiger partial charge is 0.252 e. The van der Waals surface area contributed by atoms with Crippen LogP contribution < -0.4 is 5.56 Å². The molecular weight excluding hydrogens is 205 g/mol. The highest BCUT2D eigenvalue weighted by molar-refractivity contribution is 6.35. The molecule has 1 aromatic heterocycles. The van der Waals surface area contributed by atoms with Gasteiger partial charge in [-0.25, -0.2) is 4.39 Å². The normalized spacial score (nSPS) is 10.8. The zero-order valence-electron chi connectivity index (χ0n) is 7.42. The Morgan fingerprint density at radius 2 is 2.07 bits per heavy atom. The summed E-state index contributed by atoms with van der Waals surface area (Å²) in [6, 6.07) is 5.44. The van der Waals surface area contributed by atoms with Crippen LogP contribution in [0.25, 0.3) is 10.9 Å². The fourth-order valence-electron chi connectivity index (χ4n) is 1.39. The molecule has 2 aromatic rings. The summed E-state index contributed by atoms with van der Waals surface area (Å²) in [6.45, 7) is 0. The summed E-state index contributed by atoms with van der Waals surface area (Å²) in [5, 5.41) is 0.830. The van der Waals surface area contributed by atoms with Crippen LogP contribution in [0.15, 0.2) is 29.1 Å². The van der Waals surface area contributed by atoms with Crippen molar-refractivity contribution in [3.63, 3.8) is 0 Å². The van der Waals surface area contributed by atoms with E-state index in [9.17, 15) is 9.18 Å². The Labute approximate surface area is 84.5 Å². The second-order valence-corrected chi connectivity index (χ2v) is 3.46. The quantitative estimate of drug-likeness (QED) is 0.656. The maximum absolute atomic E-state index is 12.9. The van der Waals surface area contributed by atoms with Gasteiger partial charge in [-0.05, 0) is 18.2 Å². The molecule has 0 aliphatic carbocycles. The molecule has 0 aliphatic heterocycles. The minimum atomic E-state index is -0.363. The van der Waals surface area contributed by atoms with E-state index in [2.05, 4.69) is 0 Å². The maximum atomic E-state index is 12.9. The van der Waals surface area contributed by atoms with Gasteiger partial charge in [-0.15, -0.1) is 0 Å². The van der Waals surface area contributed by atoms with Crippen molar-refractivity contribution in [3.8, 4) is 0 Å². The molecule has 72 valence electrons. The van der Waals surface area contributed by atoms with Gasteiger partial charge in [0.2, 0.25) is 0 Å². The Hall–Kier alpha value is -1.35. The van der Waals surface area contributed by atoms with Crippen LogP contribution in [0.3, 0.4) is 0 Å². The summed E-state index contributed by atoms with van der Waals surface area (Å²) in [7, 11) is 1.62. The molecule has 0 fully saturated rings. The van der Waals surface area contributed by atoms with E-state index in [4.69, 9.17) is 11.6 Å². The van der Waals surface area contributed by atoms with Crippen molar-refractivity contribution in [3.05, 3.63) is 45.5 Å². The van der Waals surface area contributed by atoms with Crippen LogP contribution in [0, 0.1) is 5.82 Å². The number of hydrogen-bond donors (Lipinski definition) is 0. The molecule has 0 saturated heterocycles. The van der Waals surface area contributed by atoms with Crippen LogP contribution in [0.5, 0.6) is 0 Å². The van der Waals surface area contributed by atoms with E-state index in [1.54, 1.807) is 7.05 Å². The lowest BCUT2D eigenvalue weighted by molar-refractivity contribution is 0.629. The molecule has 14 heavy (non-hydrogen) atoms. The minimum Gasteiger partial charge on any atom is -0.311 e. The van der Waals surface area contributed by atoms with Gasteiger partial charge in [-0.3, -0.25) is 4.79 Å². The highest BCUT2D eigenvalue weighted by Gasteiger charge is 2.05. The monoisotopic (exact) mass is 211 g/mol. The molecule has 1 heterocycles. The third kappa shape index (κ3) is 1.30. The number of aromatic nitrogens is 1. The van der Waals surface area contributed by atoms with Crippen molar-refractivity contribution >= 4 is 22.5 Å². The van der Waals surface area contributed by atoms with Crippen LogP contribution in [-0.2, 0) is 7.05 Å². The Kier molecular flexibility index (Phi) is 2.04. The number of rotatable bonds is 0. The second kappa shape index (κ2) is 3.10. The van der Waals surface area contributed by atoms with Gasteiger partial charge < -0.3 is 4.57 Å². The zero-order valence-corrected chi connectivity index (χ0v) is 8.18. The third-order valence-corrected chi connectivity index (χ3v) is 2.47. The lowest BCUT2D eigenvalue weighted by Crippen LogP contribution is -2.15. The van der Waals surface area contributed by atoms with Crippen molar-refractivity contribution in [1.82, 2.24) is 4.57 Å². The number of pyridine rings is 1. The van der Waals surface area contributed by atoms with Gasteiger partial charge in [0.1, 0.15) is 5.82 Å². The molecule has 0 radical (unpaired) electrons. The van der Waals surface area contributed by atoms with E-state index >= 15 is 0 Å². The van der Waals surface area contributed by atoms with Gasteiger partial charge in [-0.2, -0.15) is 0 Å². The van der Waals surface area contributed by atoms with Crippen molar-refractivity contribution < 1.29 is 4.39 Å². The maximum Gasteiger partial charge on any atom is 0.252 e. The van der Waals surface area contributed by atoms with Crippen LogP contribution in [-0.4, -0.2) is 4.57 Å². The highest BCUT2D eigenvalue weighted by atomic mass is 35.5. The Bertz CT molecular complexity index is 562. The Morgan fingerprint density at radius 1 is 1.36 bits per heavy atom. The summed E-state index contributed by atoms with van der Waals surface area (Å²) < 4.78 is 14.3. The first kappa shape index (κ1) is 9.21. The first-order valence-corrected chi connectivity index (χ1v) is 4.42. The van der Waals surface area contributed by atoms with Crippen LogP contribution in [0.2, 0.25) is 5.02 Å². The third-order valence-electron chi connectivity index (χ3n) is 2.16. The molecule has 0 spiro atoms. The van der Waals surface area contributed by atoms with Gasteiger partial charge >= 0.3 is 0 Å². The zero-order chi connectivity index (χ0) is 10.3. The van der Waals surface area contributed by atoms with E-state index < -0.39 is 0 Å². The molecular formula is C10H7ClFNO. The average Bonchev–Trinajstić information content (AvgIpc) is 2.14. The molecule has 0 aliphatic rings. The van der Waals surface area contributed by atoms with Gasteiger partial charge in [-0.1, -0.05) is 11.6 Å². The highest BCUT2D eigenvalue weighted by Crippen LogP contribution is 2.21. The van der Waals surface area contributed by atoms with Crippen molar-refractivity contribution in [2.45, 2.75) is 0 Å². The van der Waals surface area contributed by atoms with Crippen LogP contribution in [0.1, 0.15) is 0 Å². The molecule has 0 atom stereocenters. The summed E-state index contributed by atoms with van der Waals surface area (Å²) in [6.07, 6.45) is 0. The average molecular weight is 212 g/mol. The molecule has 0 bridgehead atoms. The van der Waals surface area contributed by atoms with Gasteiger partial charge in [0.25, 0.3) is 5.56 Å². The summed E-state index contributed by atoms with van der Waals surface area (Å²) in [4.78, 5) is 11.3. The number of halogens is 2. The van der Waals surface area contributed by atoms with Gasteiger partial charge in [0.05, 0.1) is 10.5 Å². The lowest BCUT2D eigenvalue weighted by atomic mass is 10.2.